The van der Waals surface area contributed by atoms with E-state index in [0.717, 1.165) is 12.1 Å². The third-order valence-corrected chi connectivity index (χ3v) is 3.15. The first-order valence-electron chi connectivity index (χ1n) is 6.55. The van der Waals surface area contributed by atoms with E-state index in [1.165, 1.54) is 13.0 Å². The van der Waals surface area contributed by atoms with Gasteiger partial charge in [-0.3, -0.25) is 4.79 Å². The standard InChI is InChI=1S/C14H16FNO5/c1-9(13(17)16-4-6-20-7-5-16)21-12-3-2-10(15)8-11(12)14(18)19/h2-3,8-9H,4-7H2,1H3,(H,18,19). The number of carboxylic acids is 1. The summed E-state index contributed by atoms with van der Waals surface area (Å²) in [6.07, 6.45) is -0.855. The zero-order valence-electron chi connectivity index (χ0n) is 11.5. The Balaban J connectivity index is 2.10. The predicted molar refractivity (Wildman–Crippen MR) is 70.8 cm³/mol. The SMILES string of the molecule is CC(Oc1ccc(F)cc1C(=O)O)C(=O)N1CCOCC1. The van der Waals surface area contributed by atoms with Crippen molar-refractivity contribution in [1.82, 2.24) is 4.90 Å². The lowest BCUT2D eigenvalue weighted by molar-refractivity contribution is -0.142. The molecule has 0 aliphatic carbocycles. The monoisotopic (exact) mass is 297 g/mol. The van der Waals surface area contributed by atoms with Crippen LogP contribution in [0.25, 0.3) is 0 Å². The summed E-state index contributed by atoms with van der Waals surface area (Å²) in [5, 5.41) is 9.03. The number of carbonyl (C=O) groups is 2. The number of carboxylic acid groups (broad SMARTS) is 1. The van der Waals surface area contributed by atoms with Crippen molar-refractivity contribution >= 4 is 11.9 Å². The van der Waals surface area contributed by atoms with Gasteiger partial charge in [0.1, 0.15) is 17.1 Å². The smallest absolute Gasteiger partial charge is 0.339 e. The summed E-state index contributed by atoms with van der Waals surface area (Å²) in [5.41, 5.74) is -0.309. The maximum absolute atomic E-state index is 13.1. The van der Waals surface area contributed by atoms with Crippen molar-refractivity contribution in [1.29, 1.82) is 0 Å². The van der Waals surface area contributed by atoms with E-state index in [-0.39, 0.29) is 17.2 Å². The van der Waals surface area contributed by atoms with Gasteiger partial charge in [-0.05, 0) is 25.1 Å². The van der Waals surface area contributed by atoms with Crippen LogP contribution in [0.5, 0.6) is 5.75 Å². The van der Waals surface area contributed by atoms with E-state index in [1.807, 2.05) is 0 Å². The molecule has 7 heteroatoms. The van der Waals surface area contributed by atoms with Crippen LogP contribution in [0.3, 0.4) is 0 Å². The maximum atomic E-state index is 13.1. The molecule has 1 aliphatic rings. The minimum atomic E-state index is -1.31. The molecule has 114 valence electrons. The maximum Gasteiger partial charge on any atom is 0.339 e. The lowest BCUT2D eigenvalue weighted by Gasteiger charge is -2.29. The van der Waals surface area contributed by atoms with Crippen molar-refractivity contribution in [3.8, 4) is 5.75 Å². The molecule has 6 nitrogen and oxygen atoms in total. The molecule has 0 bridgehead atoms. The summed E-state index contributed by atoms with van der Waals surface area (Å²) in [6.45, 7) is 3.42. The van der Waals surface area contributed by atoms with Crippen LogP contribution in [0.1, 0.15) is 17.3 Å². The van der Waals surface area contributed by atoms with Gasteiger partial charge in [0.05, 0.1) is 13.2 Å². The number of hydrogen-bond donors (Lipinski definition) is 1. The summed E-state index contributed by atoms with van der Waals surface area (Å²) in [7, 11) is 0. The van der Waals surface area contributed by atoms with Gasteiger partial charge < -0.3 is 19.5 Å². The summed E-state index contributed by atoms with van der Waals surface area (Å²) < 4.78 is 23.6. The minimum absolute atomic E-state index is 0.0296. The fourth-order valence-corrected chi connectivity index (χ4v) is 2.05. The molecule has 0 saturated carbocycles. The molecule has 1 N–H and O–H groups in total. The number of nitrogens with zero attached hydrogens (tertiary/aromatic N) is 1. The van der Waals surface area contributed by atoms with E-state index >= 15 is 0 Å². The third kappa shape index (κ3) is 3.69. The number of morpholine rings is 1. The number of aromatic carboxylic acids is 1. The van der Waals surface area contributed by atoms with Crippen molar-refractivity contribution in [2.45, 2.75) is 13.0 Å². The Hall–Kier alpha value is -2.15. The Morgan fingerprint density at radius 3 is 2.67 bits per heavy atom. The molecule has 1 saturated heterocycles. The second-order valence-electron chi connectivity index (χ2n) is 4.64. The number of hydrogen-bond acceptors (Lipinski definition) is 4. The molecule has 0 radical (unpaired) electrons. The molecule has 1 atom stereocenters. The van der Waals surface area contributed by atoms with Crippen LogP contribution in [0.2, 0.25) is 0 Å². The van der Waals surface area contributed by atoms with Crippen LogP contribution in [-0.2, 0) is 9.53 Å². The van der Waals surface area contributed by atoms with E-state index in [1.54, 1.807) is 4.90 Å². The lowest BCUT2D eigenvalue weighted by atomic mass is 10.2. The largest absolute Gasteiger partial charge is 0.480 e. The molecule has 1 aromatic rings. The van der Waals surface area contributed by atoms with Gasteiger partial charge in [-0.2, -0.15) is 0 Å². The number of ether oxygens (including phenoxy) is 2. The van der Waals surface area contributed by atoms with Crippen molar-refractivity contribution < 1.29 is 28.6 Å². The van der Waals surface area contributed by atoms with E-state index in [0.29, 0.717) is 26.3 Å². The van der Waals surface area contributed by atoms with Crippen LogP contribution in [0.4, 0.5) is 4.39 Å². The Labute approximate surface area is 121 Å². The molecule has 1 heterocycles. The topological polar surface area (TPSA) is 76.1 Å². The van der Waals surface area contributed by atoms with Gasteiger partial charge in [0.15, 0.2) is 6.10 Å². The zero-order valence-corrected chi connectivity index (χ0v) is 11.5. The number of amides is 1. The average molecular weight is 297 g/mol. The molecular formula is C14H16FNO5. The molecule has 1 unspecified atom stereocenters. The van der Waals surface area contributed by atoms with Crippen molar-refractivity contribution in [2.24, 2.45) is 0 Å². The fraction of sp³-hybridized carbons (Fsp3) is 0.429. The quantitative estimate of drug-likeness (QED) is 0.902. The van der Waals surface area contributed by atoms with Crippen LogP contribution >= 0.6 is 0 Å². The van der Waals surface area contributed by atoms with Gasteiger partial charge in [-0.15, -0.1) is 0 Å². The number of benzene rings is 1. The van der Waals surface area contributed by atoms with E-state index < -0.39 is 17.9 Å². The lowest BCUT2D eigenvalue weighted by Crippen LogP contribution is -2.46. The van der Waals surface area contributed by atoms with Gasteiger partial charge in [-0.25, -0.2) is 9.18 Å². The molecule has 2 rings (SSSR count). The number of halogens is 1. The van der Waals surface area contributed by atoms with E-state index in [9.17, 15) is 14.0 Å². The van der Waals surface area contributed by atoms with Crippen LogP contribution < -0.4 is 4.74 Å². The van der Waals surface area contributed by atoms with Crippen molar-refractivity contribution in [3.05, 3.63) is 29.6 Å². The first-order chi connectivity index (χ1) is 9.99. The zero-order chi connectivity index (χ0) is 15.4. The molecule has 0 aromatic heterocycles. The second kappa shape index (κ2) is 6.53. The van der Waals surface area contributed by atoms with Crippen LogP contribution in [0, 0.1) is 5.82 Å². The highest BCUT2D eigenvalue weighted by Gasteiger charge is 2.25. The highest BCUT2D eigenvalue weighted by Crippen LogP contribution is 2.21. The second-order valence-corrected chi connectivity index (χ2v) is 4.64. The highest BCUT2D eigenvalue weighted by atomic mass is 19.1. The minimum Gasteiger partial charge on any atom is -0.480 e. The van der Waals surface area contributed by atoms with Crippen molar-refractivity contribution in [3.63, 3.8) is 0 Å². The summed E-state index contributed by atoms with van der Waals surface area (Å²) in [6, 6.07) is 3.17. The summed E-state index contributed by atoms with van der Waals surface area (Å²) in [5.74, 6) is -2.26. The first-order valence-corrected chi connectivity index (χ1v) is 6.55. The number of rotatable bonds is 4. The van der Waals surface area contributed by atoms with Crippen LogP contribution in [-0.4, -0.2) is 54.3 Å². The van der Waals surface area contributed by atoms with E-state index in [4.69, 9.17) is 14.6 Å². The summed E-state index contributed by atoms with van der Waals surface area (Å²) in [4.78, 5) is 24.8. The average Bonchev–Trinajstić information content (AvgIpc) is 2.49. The predicted octanol–water partition coefficient (Wildman–Crippen LogP) is 1.15. The fourth-order valence-electron chi connectivity index (χ4n) is 2.05. The normalized spacial score (nSPS) is 16.4. The van der Waals surface area contributed by atoms with Gasteiger partial charge in [-0.1, -0.05) is 0 Å². The Bertz CT molecular complexity index is 542. The van der Waals surface area contributed by atoms with Crippen LogP contribution in [0.15, 0.2) is 18.2 Å². The summed E-state index contributed by atoms with van der Waals surface area (Å²) >= 11 is 0. The van der Waals surface area contributed by atoms with Gasteiger partial charge in [0.2, 0.25) is 0 Å². The molecular weight excluding hydrogens is 281 g/mol. The molecule has 1 aromatic carbocycles. The van der Waals surface area contributed by atoms with Gasteiger partial charge in [0, 0.05) is 13.1 Å². The Morgan fingerprint density at radius 2 is 2.05 bits per heavy atom. The van der Waals surface area contributed by atoms with Crippen molar-refractivity contribution in [2.75, 3.05) is 26.3 Å². The highest BCUT2D eigenvalue weighted by molar-refractivity contribution is 5.91. The molecule has 0 spiro atoms. The molecule has 21 heavy (non-hydrogen) atoms. The molecule has 1 fully saturated rings. The van der Waals surface area contributed by atoms with Gasteiger partial charge in [0.25, 0.3) is 5.91 Å². The van der Waals surface area contributed by atoms with E-state index in [2.05, 4.69) is 0 Å². The molecule has 1 amide bonds. The Morgan fingerprint density at radius 1 is 1.38 bits per heavy atom. The number of carbonyl (C=O) groups excluding carboxylic acids is 1. The van der Waals surface area contributed by atoms with Gasteiger partial charge >= 0.3 is 5.97 Å². The Kier molecular flexibility index (Phi) is 4.74. The molecule has 1 aliphatic heterocycles. The first kappa shape index (κ1) is 15.2. The third-order valence-electron chi connectivity index (χ3n) is 3.15.